The summed E-state index contributed by atoms with van der Waals surface area (Å²) in [4.78, 5) is 14.3. The van der Waals surface area contributed by atoms with Crippen LogP contribution in [0.3, 0.4) is 0 Å². The number of halogens is 1. The van der Waals surface area contributed by atoms with Gasteiger partial charge >= 0.3 is 0 Å². The average molecular weight is 304 g/mol. The zero-order chi connectivity index (χ0) is 12.3. The maximum Gasteiger partial charge on any atom is 0.225 e. The van der Waals surface area contributed by atoms with Gasteiger partial charge in [0, 0.05) is 25.5 Å². The van der Waals surface area contributed by atoms with Crippen LogP contribution in [0.2, 0.25) is 0 Å². The summed E-state index contributed by atoms with van der Waals surface area (Å²) in [7, 11) is 1.74. The fourth-order valence-electron chi connectivity index (χ4n) is 2.83. The second-order valence-corrected chi connectivity index (χ2v) is 6.07. The quantitative estimate of drug-likeness (QED) is 0.747. The molecule has 0 N–H and O–H groups in total. The van der Waals surface area contributed by atoms with E-state index in [9.17, 15) is 4.79 Å². The number of ether oxygens (including phenoxy) is 1. The number of likely N-dealkylation sites (tertiary alicyclic amines) is 1. The van der Waals surface area contributed by atoms with Gasteiger partial charge in [0.25, 0.3) is 0 Å². The lowest BCUT2D eigenvalue weighted by atomic mass is 9.77. The van der Waals surface area contributed by atoms with Gasteiger partial charge < -0.3 is 9.64 Å². The average Bonchev–Trinajstić information content (AvgIpc) is 2.33. The molecule has 2 rings (SSSR count). The fraction of sp³-hybridized carbons (Fsp3) is 0.923. The summed E-state index contributed by atoms with van der Waals surface area (Å²) < 4.78 is 5.53. The minimum absolute atomic E-state index is 0.127. The largest absolute Gasteiger partial charge is 0.378 e. The Hall–Kier alpha value is -0.0900. The van der Waals surface area contributed by atoms with Crippen molar-refractivity contribution in [3.05, 3.63) is 0 Å². The van der Waals surface area contributed by atoms with E-state index in [0.29, 0.717) is 12.3 Å². The number of hydrogen-bond donors (Lipinski definition) is 0. The molecule has 1 saturated heterocycles. The third-order valence-electron chi connectivity index (χ3n) is 4.26. The molecule has 2 fully saturated rings. The van der Waals surface area contributed by atoms with Gasteiger partial charge in [-0.2, -0.15) is 0 Å². The van der Waals surface area contributed by atoms with Crippen molar-refractivity contribution in [1.82, 2.24) is 4.90 Å². The maximum absolute atomic E-state index is 12.3. The molecule has 0 aromatic heterocycles. The SMILES string of the molecule is COC1(CC(=O)N2CCCC(CBr)C2)CCC1. The molecule has 1 unspecified atom stereocenters. The number of nitrogens with zero attached hydrogens (tertiary/aromatic N) is 1. The van der Waals surface area contributed by atoms with E-state index in [1.807, 2.05) is 4.90 Å². The van der Waals surface area contributed by atoms with Gasteiger partial charge in [-0.25, -0.2) is 0 Å². The second-order valence-electron chi connectivity index (χ2n) is 5.42. The molecule has 17 heavy (non-hydrogen) atoms. The number of amides is 1. The van der Waals surface area contributed by atoms with E-state index in [2.05, 4.69) is 15.9 Å². The second kappa shape index (κ2) is 5.70. The molecule has 2 aliphatic rings. The summed E-state index contributed by atoms with van der Waals surface area (Å²) in [6, 6.07) is 0. The predicted molar refractivity (Wildman–Crippen MR) is 71.3 cm³/mol. The Labute approximate surface area is 112 Å². The zero-order valence-electron chi connectivity index (χ0n) is 10.6. The number of alkyl halides is 1. The molecule has 0 spiro atoms. The monoisotopic (exact) mass is 303 g/mol. The first-order valence-electron chi connectivity index (χ1n) is 6.58. The van der Waals surface area contributed by atoms with Crippen LogP contribution in [0.5, 0.6) is 0 Å². The minimum Gasteiger partial charge on any atom is -0.378 e. The first kappa shape index (κ1) is 13.3. The lowest BCUT2D eigenvalue weighted by Crippen LogP contribution is -2.47. The molecule has 1 atom stereocenters. The molecular weight excluding hydrogens is 282 g/mol. The normalized spacial score (nSPS) is 27.6. The van der Waals surface area contributed by atoms with Gasteiger partial charge in [-0.15, -0.1) is 0 Å². The fourth-order valence-corrected chi connectivity index (χ4v) is 3.36. The Kier molecular flexibility index (Phi) is 4.47. The topological polar surface area (TPSA) is 29.5 Å². The number of hydrogen-bond acceptors (Lipinski definition) is 2. The molecule has 98 valence electrons. The van der Waals surface area contributed by atoms with Crippen LogP contribution in [-0.4, -0.2) is 41.9 Å². The van der Waals surface area contributed by atoms with E-state index < -0.39 is 0 Å². The summed E-state index contributed by atoms with van der Waals surface area (Å²) in [6.07, 6.45) is 6.26. The van der Waals surface area contributed by atoms with Crippen LogP contribution < -0.4 is 0 Å². The first-order chi connectivity index (χ1) is 8.19. The molecule has 1 amide bonds. The highest BCUT2D eigenvalue weighted by Gasteiger charge is 2.40. The van der Waals surface area contributed by atoms with E-state index >= 15 is 0 Å². The van der Waals surface area contributed by atoms with E-state index in [0.717, 1.165) is 37.7 Å². The van der Waals surface area contributed by atoms with E-state index in [-0.39, 0.29) is 11.5 Å². The Morgan fingerprint density at radius 1 is 1.47 bits per heavy atom. The molecule has 0 aromatic carbocycles. The summed E-state index contributed by atoms with van der Waals surface area (Å²) in [5, 5.41) is 1.01. The van der Waals surface area contributed by atoms with E-state index in [1.165, 1.54) is 12.8 Å². The van der Waals surface area contributed by atoms with Gasteiger partial charge in [0.05, 0.1) is 12.0 Å². The summed E-state index contributed by atoms with van der Waals surface area (Å²) in [5.41, 5.74) is -0.127. The lowest BCUT2D eigenvalue weighted by Gasteiger charge is -2.42. The molecule has 3 nitrogen and oxygen atoms in total. The third-order valence-corrected chi connectivity index (χ3v) is 5.18. The highest BCUT2D eigenvalue weighted by Crippen LogP contribution is 2.38. The number of carbonyl (C=O) groups is 1. The van der Waals surface area contributed by atoms with Crippen LogP contribution in [0.15, 0.2) is 0 Å². The summed E-state index contributed by atoms with van der Waals surface area (Å²) in [6.45, 7) is 1.85. The highest BCUT2D eigenvalue weighted by atomic mass is 79.9. The van der Waals surface area contributed by atoms with Crippen molar-refractivity contribution >= 4 is 21.8 Å². The van der Waals surface area contributed by atoms with Gasteiger partial charge in [0.15, 0.2) is 0 Å². The smallest absolute Gasteiger partial charge is 0.225 e. The molecule has 1 heterocycles. The van der Waals surface area contributed by atoms with Gasteiger partial charge in [0.1, 0.15) is 0 Å². The van der Waals surface area contributed by atoms with Crippen LogP contribution in [0.4, 0.5) is 0 Å². The van der Waals surface area contributed by atoms with Crippen LogP contribution in [0.1, 0.15) is 38.5 Å². The highest BCUT2D eigenvalue weighted by molar-refractivity contribution is 9.09. The Balaban J connectivity index is 1.86. The van der Waals surface area contributed by atoms with Crippen LogP contribution in [0.25, 0.3) is 0 Å². The number of piperidine rings is 1. The van der Waals surface area contributed by atoms with Crippen molar-refractivity contribution in [2.75, 3.05) is 25.5 Å². The standard InChI is InChI=1S/C13H22BrNO2/c1-17-13(5-3-6-13)8-12(16)15-7-2-4-11(9-14)10-15/h11H,2-10H2,1H3. The number of rotatable bonds is 4. The van der Waals surface area contributed by atoms with E-state index in [4.69, 9.17) is 4.74 Å². The van der Waals surface area contributed by atoms with E-state index in [1.54, 1.807) is 7.11 Å². The van der Waals surface area contributed by atoms with Gasteiger partial charge in [-0.05, 0) is 38.0 Å². The number of methoxy groups -OCH3 is 1. The molecule has 1 saturated carbocycles. The third kappa shape index (κ3) is 3.02. The number of carbonyl (C=O) groups excluding carboxylic acids is 1. The van der Waals surface area contributed by atoms with Crippen LogP contribution >= 0.6 is 15.9 Å². The van der Waals surface area contributed by atoms with Crippen molar-refractivity contribution in [3.8, 4) is 0 Å². The van der Waals surface area contributed by atoms with Gasteiger partial charge in [0.2, 0.25) is 5.91 Å². The molecule has 1 aliphatic heterocycles. The Morgan fingerprint density at radius 3 is 2.76 bits per heavy atom. The van der Waals surface area contributed by atoms with Gasteiger partial charge in [-0.3, -0.25) is 4.79 Å². The first-order valence-corrected chi connectivity index (χ1v) is 7.70. The lowest BCUT2D eigenvalue weighted by molar-refractivity contribution is -0.145. The van der Waals surface area contributed by atoms with Gasteiger partial charge in [-0.1, -0.05) is 15.9 Å². The zero-order valence-corrected chi connectivity index (χ0v) is 12.2. The van der Waals surface area contributed by atoms with Crippen molar-refractivity contribution in [3.63, 3.8) is 0 Å². The molecule has 1 aliphatic carbocycles. The molecule has 0 bridgehead atoms. The maximum atomic E-state index is 12.3. The summed E-state index contributed by atoms with van der Waals surface area (Å²) >= 11 is 3.52. The minimum atomic E-state index is -0.127. The Morgan fingerprint density at radius 2 is 2.24 bits per heavy atom. The summed E-state index contributed by atoms with van der Waals surface area (Å²) in [5.74, 6) is 0.921. The molecule has 0 radical (unpaired) electrons. The molecular formula is C13H22BrNO2. The van der Waals surface area contributed by atoms with Crippen molar-refractivity contribution in [2.24, 2.45) is 5.92 Å². The van der Waals surface area contributed by atoms with Crippen LogP contribution in [-0.2, 0) is 9.53 Å². The van der Waals surface area contributed by atoms with Crippen molar-refractivity contribution in [1.29, 1.82) is 0 Å². The van der Waals surface area contributed by atoms with Crippen LogP contribution in [0, 0.1) is 5.92 Å². The van der Waals surface area contributed by atoms with Crippen molar-refractivity contribution < 1.29 is 9.53 Å². The van der Waals surface area contributed by atoms with Crippen molar-refractivity contribution in [2.45, 2.75) is 44.1 Å². The molecule has 0 aromatic rings. The predicted octanol–water partition coefficient (Wildman–Crippen LogP) is 2.58. The Bertz CT molecular complexity index is 273. The molecule has 4 heteroatoms.